The van der Waals surface area contributed by atoms with Gasteiger partial charge in [-0.1, -0.05) is 42.5 Å². The third-order valence-corrected chi connectivity index (χ3v) is 7.09. The summed E-state index contributed by atoms with van der Waals surface area (Å²) in [6.07, 6.45) is 4.71. The van der Waals surface area contributed by atoms with E-state index in [-0.39, 0.29) is 11.8 Å². The number of aromatic nitrogens is 3. The Labute approximate surface area is 220 Å². The van der Waals surface area contributed by atoms with Gasteiger partial charge in [-0.2, -0.15) is 0 Å². The lowest BCUT2D eigenvalue weighted by Crippen LogP contribution is -2.30. The summed E-state index contributed by atoms with van der Waals surface area (Å²) in [7, 11) is 1.62. The Bertz CT molecular complexity index is 1670. The Hall–Kier alpha value is -4.91. The van der Waals surface area contributed by atoms with Crippen LogP contribution in [0.3, 0.4) is 0 Å². The minimum absolute atomic E-state index is 0.135. The monoisotopic (exact) mass is 502 g/mol. The highest BCUT2D eigenvalue weighted by atomic mass is 16.5. The molecule has 3 heterocycles. The first-order valence-corrected chi connectivity index (χ1v) is 12.4. The molecule has 1 aliphatic rings. The van der Waals surface area contributed by atoms with Gasteiger partial charge in [0.1, 0.15) is 17.8 Å². The van der Waals surface area contributed by atoms with Crippen molar-refractivity contribution < 1.29 is 14.3 Å². The number of methoxy groups -OCH3 is 1. The molecule has 6 rings (SSSR count). The van der Waals surface area contributed by atoms with Crippen LogP contribution in [0.1, 0.15) is 37.7 Å². The van der Waals surface area contributed by atoms with Crippen LogP contribution >= 0.6 is 0 Å². The van der Waals surface area contributed by atoms with Gasteiger partial charge in [0.15, 0.2) is 0 Å². The smallest absolute Gasteiger partial charge is 0.279 e. The molecule has 2 aromatic heterocycles. The standard InChI is InChI=1S/C31H26N4O3/c1-21-7-3-5-9-25(21)26-13-11-22(17-29(26)38-2)30(36)35-19-24-12-14-28(31(37)33-16-15-32-20-33)34(24)18-23-8-4-6-10-27(23)35/h3-17,20H,18-19H2,1-2H3. The van der Waals surface area contributed by atoms with Gasteiger partial charge < -0.3 is 14.2 Å². The van der Waals surface area contributed by atoms with Gasteiger partial charge in [0.05, 0.1) is 20.2 Å². The maximum atomic E-state index is 14.0. The van der Waals surface area contributed by atoms with E-state index in [4.69, 9.17) is 4.74 Å². The minimum atomic E-state index is -0.164. The summed E-state index contributed by atoms with van der Waals surface area (Å²) < 4.78 is 9.17. The second-order valence-corrected chi connectivity index (χ2v) is 9.32. The average molecular weight is 503 g/mol. The van der Waals surface area contributed by atoms with E-state index in [1.165, 1.54) is 10.9 Å². The molecule has 0 fully saturated rings. The maximum absolute atomic E-state index is 14.0. The second-order valence-electron chi connectivity index (χ2n) is 9.32. The molecule has 38 heavy (non-hydrogen) atoms. The number of nitrogens with zero attached hydrogens (tertiary/aromatic N) is 4. The van der Waals surface area contributed by atoms with Gasteiger partial charge in [-0.15, -0.1) is 0 Å². The van der Waals surface area contributed by atoms with Crippen LogP contribution in [0, 0.1) is 6.92 Å². The number of imidazole rings is 1. The fourth-order valence-electron chi connectivity index (χ4n) is 5.12. The SMILES string of the molecule is COc1cc(C(=O)N2Cc3ccc(C(=O)n4ccnc4)n3Cc3ccccc32)ccc1-c1ccccc1C. The molecule has 5 aromatic rings. The number of carbonyl (C=O) groups is 2. The van der Waals surface area contributed by atoms with E-state index in [1.807, 2.05) is 71.3 Å². The molecular weight excluding hydrogens is 476 g/mol. The predicted molar refractivity (Wildman–Crippen MR) is 146 cm³/mol. The molecule has 0 radical (unpaired) electrons. The third-order valence-electron chi connectivity index (χ3n) is 7.09. The van der Waals surface area contributed by atoms with Gasteiger partial charge in [0, 0.05) is 34.9 Å². The fraction of sp³-hybridized carbons (Fsp3) is 0.129. The summed E-state index contributed by atoms with van der Waals surface area (Å²) in [5.41, 5.74) is 6.87. The molecule has 1 aliphatic heterocycles. The number of anilines is 1. The summed E-state index contributed by atoms with van der Waals surface area (Å²) in [4.78, 5) is 33.0. The Morgan fingerprint density at radius 3 is 2.47 bits per heavy atom. The van der Waals surface area contributed by atoms with Crippen LogP contribution in [0.2, 0.25) is 0 Å². The number of aryl methyl sites for hydroxylation is 1. The molecule has 0 unspecified atom stereocenters. The normalized spacial score (nSPS) is 12.4. The van der Waals surface area contributed by atoms with E-state index in [0.717, 1.165) is 33.6 Å². The van der Waals surface area contributed by atoms with Gasteiger partial charge in [-0.3, -0.25) is 14.2 Å². The molecule has 0 bridgehead atoms. The van der Waals surface area contributed by atoms with Gasteiger partial charge in [0.25, 0.3) is 11.8 Å². The number of hydrogen-bond donors (Lipinski definition) is 0. The van der Waals surface area contributed by atoms with Crippen LogP contribution in [0.15, 0.2) is 97.6 Å². The van der Waals surface area contributed by atoms with Gasteiger partial charge in [-0.05, 0) is 60.0 Å². The molecule has 7 nitrogen and oxygen atoms in total. The first-order chi connectivity index (χ1) is 18.5. The zero-order chi connectivity index (χ0) is 26.2. The van der Waals surface area contributed by atoms with Crippen molar-refractivity contribution in [3.8, 4) is 16.9 Å². The van der Waals surface area contributed by atoms with Gasteiger partial charge >= 0.3 is 0 Å². The van der Waals surface area contributed by atoms with E-state index in [0.29, 0.717) is 30.1 Å². The Morgan fingerprint density at radius 2 is 1.68 bits per heavy atom. The molecular formula is C31H26N4O3. The zero-order valence-electron chi connectivity index (χ0n) is 21.2. The van der Waals surface area contributed by atoms with Crippen LogP contribution in [-0.4, -0.2) is 33.0 Å². The minimum Gasteiger partial charge on any atom is -0.496 e. The summed E-state index contributed by atoms with van der Waals surface area (Å²) in [6.45, 7) is 2.87. The van der Waals surface area contributed by atoms with Crippen molar-refractivity contribution in [3.05, 3.63) is 126 Å². The van der Waals surface area contributed by atoms with Crippen LogP contribution in [-0.2, 0) is 13.1 Å². The fourth-order valence-corrected chi connectivity index (χ4v) is 5.12. The number of hydrogen-bond acceptors (Lipinski definition) is 4. The van der Waals surface area contributed by atoms with Gasteiger partial charge in [-0.25, -0.2) is 4.98 Å². The van der Waals surface area contributed by atoms with Crippen LogP contribution in [0.5, 0.6) is 5.75 Å². The second kappa shape index (κ2) is 9.52. The Balaban J connectivity index is 1.40. The molecule has 0 aliphatic carbocycles. The highest BCUT2D eigenvalue weighted by Crippen LogP contribution is 2.35. The van der Waals surface area contributed by atoms with Crippen molar-refractivity contribution in [1.82, 2.24) is 14.1 Å². The topological polar surface area (TPSA) is 69.4 Å². The van der Waals surface area contributed by atoms with E-state index < -0.39 is 0 Å². The highest BCUT2D eigenvalue weighted by Gasteiger charge is 2.28. The molecule has 0 saturated heterocycles. The largest absolute Gasteiger partial charge is 0.496 e. The molecule has 7 heteroatoms. The van der Waals surface area contributed by atoms with Crippen molar-refractivity contribution in [3.63, 3.8) is 0 Å². The number of carbonyl (C=O) groups excluding carboxylic acids is 2. The van der Waals surface area contributed by atoms with E-state index in [1.54, 1.807) is 24.4 Å². The molecule has 0 spiro atoms. The lowest BCUT2D eigenvalue weighted by molar-refractivity contribution is 0.0950. The predicted octanol–water partition coefficient (Wildman–Crippen LogP) is 5.57. The van der Waals surface area contributed by atoms with E-state index >= 15 is 0 Å². The van der Waals surface area contributed by atoms with Crippen molar-refractivity contribution in [2.75, 3.05) is 12.0 Å². The Kier molecular flexibility index (Phi) is 5.88. The summed E-state index contributed by atoms with van der Waals surface area (Å²) >= 11 is 0. The highest BCUT2D eigenvalue weighted by molar-refractivity contribution is 6.07. The lowest BCUT2D eigenvalue weighted by atomic mass is 9.98. The molecule has 0 N–H and O–H groups in total. The zero-order valence-corrected chi connectivity index (χ0v) is 21.2. The molecule has 1 amide bonds. The number of ether oxygens (including phenoxy) is 1. The number of rotatable bonds is 4. The number of para-hydroxylation sites is 1. The quantitative estimate of drug-likeness (QED) is 0.322. The van der Waals surface area contributed by atoms with Crippen molar-refractivity contribution >= 4 is 17.5 Å². The lowest BCUT2D eigenvalue weighted by Gasteiger charge is -2.23. The average Bonchev–Trinajstić information content (AvgIpc) is 3.59. The van der Waals surface area contributed by atoms with Crippen molar-refractivity contribution in [1.29, 1.82) is 0 Å². The van der Waals surface area contributed by atoms with Crippen molar-refractivity contribution in [2.45, 2.75) is 20.0 Å². The van der Waals surface area contributed by atoms with E-state index in [9.17, 15) is 9.59 Å². The number of fused-ring (bicyclic) bond motifs is 2. The first-order valence-electron chi connectivity index (χ1n) is 12.4. The number of amides is 1. The molecule has 0 saturated carbocycles. The van der Waals surface area contributed by atoms with Crippen molar-refractivity contribution in [2.24, 2.45) is 0 Å². The molecule has 188 valence electrons. The van der Waals surface area contributed by atoms with E-state index in [2.05, 4.69) is 24.0 Å². The third kappa shape index (κ3) is 3.98. The van der Waals surface area contributed by atoms with Crippen LogP contribution < -0.4 is 9.64 Å². The summed E-state index contributed by atoms with van der Waals surface area (Å²) in [5.74, 6) is 0.344. The first kappa shape index (κ1) is 23.5. The Morgan fingerprint density at radius 1 is 0.868 bits per heavy atom. The van der Waals surface area contributed by atoms with Crippen LogP contribution in [0.4, 0.5) is 5.69 Å². The molecule has 3 aromatic carbocycles. The number of benzene rings is 3. The van der Waals surface area contributed by atoms with Gasteiger partial charge in [0.2, 0.25) is 0 Å². The molecule has 0 atom stereocenters. The maximum Gasteiger partial charge on any atom is 0.279 e. The van der Waals surface area contributed by atoms with Crippen LogP contribution in [0.25, 0.3) is 11.1 Å². The summed E-state index contributed by atoms with van der Waals surface area (Å²) in [5, 5.41) is 0. The summed E-state index contributed by atoms with van der Waals surface area (Å²) in [6, 6.07) is 25.3.